The van der Waals surface area contributed by atoms with E-state index >= 15 is 0 Å². The Hall–Kier alpha value is -2.55. The minimum Gasteiger partial charge on any atom is -0.394 e. The zero-order valence-corrected chi connectivity index (χ0v) is 15.1. The SMILES string of the molecule is Cc1sc(C(=O)c2c[nH]c3ccccc23)nc1C(=O)NCCOCCO. The molecule has 3 aromatic rings. The molecule has 0 saturated heterocycles. The Labute approximate surface area is 154 Å². The van der Waals surface area contributed by atoms with Gasteiger partial charge in [0.2, 0.25) is 5.78 Å². The second-order valence-corrected chi connectivity index (χ2v) is 6.80. The van der Waals surface area contributed by atoms with Crippen LogP contribution >= 0.6 is 11.3 Å². The molecule has 0 atom stereocenters. The van der Waals surface area contributed by atoms with Crippen molar-refractivity contribution in [1.82, 2.24) is 15.3 Å². The number of nitrogens with zero attached hydrogens (tertiary/aromatic N) is 1. The molecular formula is C18H19N3O4S. The lowest BCUT2D eigenvalue weighted by Crippen LogP contribution is -2.28. The minimum absolute atomic E-state index is 0.0571. The number of carbonyl (C=O) groups excluding carboxylic acids is 2. The average molecular weight is 373 g/mol. The van der Waals surface area contributed by atoms with Crippen molar-refractivity contribution in [3.63, 3.8) is 0 Å². The third-order valence-corrected chi connectivity index (χ3v) is 4.78. The predicted octanol–water partition coefficient (Wildman–Crippen LogP) is 1.90. The normalized spacial score (nSPS) is 11.0. The molecule has 3 rings (SSSR count). The van der Waals surface area contributed by atoms with Gasteiger partial charge in [-0.1, -0.05) is 18.2 Å². The molecule has 0 saturated carbocycles. The molecule has 26 heavy (non-hydrogen) atoms. The van der Waals surface area contributed by atoms with Crippen LogP contribution in [0, 0.1) is 6.92 Å². The maximum atomic E-state index is 12.8. The number of aromatic amines is 1. The molecule has 0 unspecified atom stereocenters. The van der Waals surface area contributed by atoms with Gasteiger partial charge in [0.1, 0.15) is 5.69 Å². The van der Waals surface area contributed by atoms with Gasteiger partial charge < -0.3 is 20.1 Å². The molecule has 3 N–H and O–H groups in total. The van der Waals surface area contributed by atoms with Crippen LogP contribution in [0.4, 0.5) is 0 Å². The van der Waals surface area contributed by atoms with Crippen LogP contribution in [0.3, 0.4) is 0 Å². The topological polar surface area (TPSA) is 104 Å². The van der Waals surface area contributed by atoms with Gasteiger partial charge in [0, 0.05) is 28.5 Å². The van der Waals surface area contributed by atoms with Gasteiger partial charge in [-0.3, -0.25) is 9.59 Å². The molecule has 0 spiro atoms. The Kier molecular flexibility index (Phi) is 5.77. The van der Waals surface area contributed by atoms with E-state index in [0.717, 1.165) is 10.9 Å². The molecule has 2 aromatic heterocycles. The summed E-state index contributed by atoms with van der Waals surface area (Å²) in [7, 11) is 0. The molecule has 0 aliphatic heterocycles. The van der Waals surface area contributed by atoms with E-state index < -0.39 is 0 Å². The van der Waals surface area contributed by atoms with Gasteiger partial charge in [-0.2, -0.15) is 0 Å². The Morgan fingerprint density at radius 1 is 1.31 bits per heavy atom. The highest BCUT2D eigenvalue weighted by molar-refractivity contribution is 7.14. The monoisotopic (exact) mass is 373 g/mol. The van der Waals surface area contributed by atoms with Crippen molar-refractivity contribution in [2.24, 2.45) is 0 Å². The van der Waals surface area contributed by atoms with Gasteiger partial charge in [-0.15, -0.1) is 11.3 Å². The number of para-hydroxylation sites is 1. The fourth-order valence-electron chi connectivity index (χ4n) is 2.57. The number of aliphatic hydroxyl groups is 1. The van der Waals surface area contributed by atoms with Crippen LogP contribution in [0.25, 0.3) is 10.9 Å². The summed E-state index contributed by atoms with van der Waals surface area (Å²) in [5, 5.41) is 12.4. The summed E-state index contributed by atoms with van der Waals surface area (Å²) in [5.41, 5.74) is 1.67. The first-order valence-electron chi connectivity index (χ1n) is 8.17. The number of carbonyl (C=O) groups is 2. The molecule has 8 heteroatoms. The standard InChI is InChI=1S/C18H19N3O4S/c1-11-15(17(24)19-6-8-25-9-7-22)21-18(26-11)16(23)13-10-20-14-5-3-2-4-12(13)14/h2-5,10,20,22H,6-9H2,1H3,(H,19,24). The predicted molar refractivity (Wildman–Crippen MR) is 98.8 cm³/mol. The average Bonchev–Trinajstić information content (AvgIpc) is 3.24. The minimum atomic E-state index is -0.343. The summed E-state index contributed by atoms with van der Waals surface area (Å²) < 4.78 is 5.09. The highest BCUT2D eigenvalue weighted by atomic mass is 32.1. The lowest BCUT2D eigenvalue weighted by molar-refractivity contribution is 0.0835. The number of thiazole rings is 1. The van der Waals surface area contributed by atoms with Crippen molar-refractivity contribution >= 4 is 33.9 Å². The van der Waals surface area contributed by atoms with Crippen LogP contribution in [0.1, 0.15) is 30.7 Å². The number of benzene rings is 1. The second-order valence-electron chi connectivity index (χ2n) is 5.59. The summed E-state index contributed by atoms with van der Waals surface area (Å²) in [5.74, 6) is -0.551. The quantitative estimate of drug-likeness (QED) is 0.413. The van der Waals surface area contributed by atoms with E-state index in [2.05, 4.69) is 15.3 Å². The van der Waals surface area contributed by atoms with Crippen LogP contribution in [-0.4, -0.2) is 53.1 Å². The number of amides is 1. The maximum absolute atomic E-state index is 12.8. The van der Waals surface area contributed by atoms with Crippen LogP contribution in [0.2, 0.25) is 0 Å². The van der Waals surface area contributed by atoms with E-state index in [1.807, 2.05) is 24.3 Å². The van der Waals surface area contributed by atoms with Crippen molar-refractivity contribution in [2.45, 2.75) is 6.92 Å². The Bertz CT molecular complexity index is 932. The number of rotatable bonds is 8. The number of aryl methyl sites for hydroxylation is 1. The van der Waals surface area contributed by atoms with Crippen molar-refractivity contribution < 1.29 is 19.4 Å². The first kappa shape index (κ1) is 18.2. The molecule has 0 radical (unpaired) electrons. The van der Waals surface area contributed by atoms with Crippen molar-refractivity contribution in [1.29, 1.82) is 0 Å². The van der Waals surface area contributed by atoms with Crippen LogP contribution < -0.4 is 5.32 Å². The highest BCUT2D eigenvalue weighted by Gasteiger charge is 2.22. The summed E-state index contributed by atoms with van der Waals surface area (Å²) in [6.45, 7) is 2.55. The number of H-pyrrole nitrogens is 1. The molecule has 2 heterocycles. The van der Waals surface area contributed by atoms with Crippen molar-refractivity contribution in [3.8, 4) is 0 Å². The number of aliphatic hydroxyl groups excluding tert-OH is 1. The van der Waals surface area contributed by atoms with E-state index in [9.17, 15) is 9.59 Å². The Morgan fingerprint density at radius 2 is 2.12 bits per heavy atom. The van der Waals surface area contributed by atoms with Gasteiger partial charge >= 0.3 is 0 Å². The zero-order valence-electron chi connectivity index (χ0n) is 14.2. The van der Waals surface area contributed by atoms with Crippen LogP contribution in [0.15, 0.2) is 30.5 Å². The Morgan fingerprint density at radius 3 is 2.92 bits per heavy atom. The molecule has 1 amide bonds. The smallest absolute Gasteiger partial charge is 0.271 e. The highest BCUT2D eigenvalue weighted by Crippen LogP contribution is 2.24. The number of aromatic nitrogens is 2. The number of hydrogen-bond donors (Lipinski definition) is 3. The van der Waals surface area contributed by atoms with E-state index in [-0.39, 0.29) is 35.6 Å². The fourth-order valence-corrected chi connectivity index (χ4v) is 3.43. The van der Waals surface area contributed by atoms with Gasteiger partial charge in [0.05, 0.1) is 25.4 Å². The van der Waals surface area contributed by atoms with E-state index in [4.69, 9.17) is 9.84 Å². The molecule has 1 aromatic carbocycles. The molecule has 0 aliphatic rings. The Balaban J connectivity index is 1.73. The lowest BCUT2D eigenvalue weighted by atomic mass is 10.1. The lowest BCUT2D eigenvalue weighted by Gasteiger charge is -2.04. The van der Waals surface area contributed by atoms with Gasteiger partial charge in [-0.25, -0.2) is 4.98 Å². The largest absolute Gasteiger partial charge is 0.394 e. The molecular weight excluding hydrogens is 354 g/mol. The summed E-state index contributed by atoms with van der Waals surface area (Å²) in [4.78, 5) is 33.0. The second kappa shape index (κ2) is 8.22. The number of hydrogen-bond acceptors (Lipinski definition) is 6. The summed E-state index contributed by atoms with van der Waals surface area (Å²) in [6.07, 6.45) is 1.67. The summed E-state index contributed by atoms with van der Waals surface area (Å²) in [6, 6.07) is 7.54. The molecule has 0 bridgehead atoms. The fraction of sp³-hybridized carbons (Fsp3) is 0.278. The molecule has 0 aliphatic carbocycles. The van der Waals surface area contributed by atoms with E-state index in [0.29, 0.717) is 23.6 Å². The molecule has 136 valence electrons. The first-order valence-corrected chi connectivity index (χ1v) is 8.98. The molecule has 0 fully saturated rings. The van der Waals surface area contributed by atoms with Crippen molar-refractivity contribution in [3.05, 3.63) is 51.6 Å². The third kappa shape index (κ3) is 3.82. The first-order chi connectivity index (χ1) is 12.6. The van der Waals surface area contributed by atoms with E-state index in [1.54, 1.807) is 13.1 Å². The number of ether oxygens (including phenoxy) is 1. The summed E-state index contributed by atoms with van der Waals surface area (Å²) >= 11 is 1.21. The number of ketones is 1. The van der Waals surface area contributed by atoms with Gasteiger partial charge in [-0.05, 0) is 13.0 Å². The van der Waals surface area contributed by atoms with Gasteiger partial charge in [0.15, 0.2) is 5.01 Å². The number of fused-ring (bicyclic) bond motifs is 1. The van der Waals surface area contributed by atoms with Crippen molar-refractivity contribution in [2.75, 3.05) is 26.4 Å². The van der Waals surface area contributed by atoms with Gasteiger partial charge in [0.25, 0.3) is 5.91 Å². The van der Waals surface area contributed by atoms with Crippen LogP contribution in [0.5, 0.6) is 0 Å². The van der Waals surface area contributed by atoms with E-state index in [1.165, 1.54) is 11.3 Å². The van der Waals surface area contributed by atoms with Crippen LogP contribution in [-0.2, 0) is 4.74 Å². The number of nitrogens with one attached hydrogen (secondary N) is 2. The maximum Gasteiger partial charge on any atom is 0.271 e. The molecule has 7 nitrogen and oxygen atoms in total. The third-order valence-electron chi connectivity index (χ3n) is 3.81. The zero-order chi connectivity index (χ0) is 18.5.